The molecule has 98 valence electrons. The van der Waals surface area contributed by atoms with Crippen molar-refractivity contribution in [2.24, 2.45) is 5.73 Å². The van der Waals surface area contributed by atoms with Gasteiger partial charge in [-0.3, -0.25) is 4.79 Å². The number of rotatable bonds is 7. The minimum absolute atomic E-state index is 0. The minimum atomic E-state index is -0.754. The van der Waals surface area contributed by atoms with Gasteiger partial charge in [0.15, 0.2) is 0 Å². The molecule has 16 heavy (non-hydrogen) atoms. The molecule has 0 aromatic rings. The highest BCUT2D eigenvalue weighted by Crippen LogP contribution is 2.20. The summed E-state index contributed by atoms with van der Waals surface area (Å²) < 4.78 is 9.21. The molecule has 0 rings (SSSR count). The van der Waals surface area contributed by atoms with Crippen LogP contribution in [0.5, 0.6) is 0 Å². The first kappa shape index (κ1) is 17.8. The van der Waals surface area contributed by atoms with Gasteiger partial charge in [-0.15, -0.1) is 0 Å². The molecule has 2 N–H and O–H groups in total. The molecule has 0 aliphatic carbocycles. The van der Waals surface area contributed by atoms with Gasteiger partial charge in [-0.1, -0.05) is 35.4 Å². The smallest absolute Gasteiger partial charge is 0.404 e. The normalized spacial score (nSPS) is 8.69. The molecule has 5 nitrogen and oxygen atoms in total. The Bertz CT molecular complexity index is 176. The Morgan fingerprint density at radius 2 is 1.56 bits per heavy atom. The third-order valence-electron chi connectivity index (χ3n) is 0.966. The molecular weight excluding hydrogens is 250 g/mol. The summed E-state index contributed by atoms with van der Waals surface area (Å²) in [5.74, 6) is 1.13. The largest absolute Gasteiger partial charge is 0.465 e. The molecule has 0 spiro atoms. The second kappa shape index (κ2) is 14.4. The summed E-state index contributed by atoms with van der Waals surface area (Å²) in [6.07, 6.45) is -0.754. The van der Waals surface area contributed by atoms with Crippen molar-refractivity contribution in [2.45, 2.75) is 20.8 Å². The first-order valence-corrected chi connectivity index (χ1v) is 7.41. The van der Waals surface area contributed by atoms with E-state index in [1.165, 1.54) is 17.7 Å². The third-order valence-corrected chi connectivity index (χ3v) is 3.30. The SMILES string of the molecule is CC.CC(=O)OCCSSCCOC(N)=O.[HH]. The van der Waals surface area contributed by atoms with Crippen LogP contribution in [0, 0.1) is 0 Å². The summed E-state index contributed by atoms with van der Waals surface area (Å²) in [6, 6.07) is 0. The van der Waals surface area contributed by atoms with E-state index in [1.807, 2.05) is 13.8 Å². The second-order valence-electron chi connectivity index (χ2n) is 2.15. The monoisotopic (exact) mass is 271 g/mol. The van der Waals surface area contributed by atoms with Crippen LogP contribution in [0.3, 0.4) is 0 Å². The van der Waals surface area contributed by atoms with Crippen LogP contribution in [0.2, 0.25) is 0 Å². The second-order valence-corrected chi connectivity index (χ2v) is 4.85. The predicted octanol–water partition coefficient (Wildman–Crippen LogP) is 2.30. The third kappa shape index (κ3) is 19.1. The van der Waals surface area contributed by atoms with Gasteiger partial charge in [0.05, 0.1) is 0 Å². The van der Waals surface area contributed by atoms with Crippen molar-refractivity contribution in [1.29, 1.82) is 0 Å². The molecule has 0 aromatic carbocycles. The molecule has 0 aromatic heterocycles. The lowest BCUT2D eigenvalue weighted by atomic mass is 10.8. The molecular formula is C9H21NO4S2. The van der Waals surface area contributed by atoms with Crippen molar-refractivity contribution in [3.63, 3.8) is 0 Å². The fourth-order valence-corrected chi connectivity index (χ4v) is 2.17. The Labute approximate surface area is 106 Å². The summed E-state index contributed by atoms with van der Waals surface area (Å²) in [5.41, 5.74) is 4.75. The summed E-state index contributed by atoms with van der Waals surface area (Å²) in [7, 11) is 3.09. The maximum absolute atomic E-state index is 10.3. The van der Waals surface area contributed by atoms with Gasteiger partial charge >= 0.3 is 12.1 Å². The van der Waals surface area contributed by atoms with Crippen molar-refractivity contribution < 1.29 is 20.5 Å². The number of carbonyl (C=O) groups excluding carboxylic acids is 2. The highest BCUT2D eigenvalue weighted by molar-refractivity contribution is 8.76. The fourth-order valence-electron chi connectivity index (χ4n) is 0.514. The molecule has 0 unspecified atom stereocenters. The van der Waals surface area contributed by atoms with E-state index in [0.717, 1.165) is 5.75 Å². The maximum Gasteiger partial charge on any atom is 0.404 e. The lowest BCUT2D eigenvalue weighted by Crippen LogP contribution is -2.14. The number of hydrogen-bond acceptors (Lipinski definition) is 6. The van der Waals surface area contributed by atoms with Crippen LogP contribution < -0.4 is 5.73 Å². The molecule has 0 atom stereocenters. The van der Waals surface area contributed by atoms with E-state index in [4.69, 9.17) is 10.5 Å². The molecule has 7 heteroatoms. The van der Waals surface area contributed by atoms with Crippen LogP contribution in [0.4, 0.5) is 4.79 Å². The van der Waals surface area contributed by atoms with Gasteiger partial charge in [0.25, 0.3) is 0 Å². The van der Waals surface area contributed by atoms with Gasteiger partial charge in [0.1, 0.15) is 13.2 Å². The number of amides is 1. The highest BCUT2D eigenvalue weighted by atomic mass is 33.1. The maximum atomic E-state index is 10.3. The van der Waals surface area contributed by atoms with Crippen molar-refractivity contribution in [3.8, 4) is 0 Å². The van der Waals surface area contributed by atoms with Crippen LogP contribution in [0.15, 0.2) is 0 Å². The summed E-state index contributed by atoms with van der Waals surface area (Å²) >= 11 is 0. The molecule has 0 radical (unpaired) electrons. The molecule has 0 aliphatic rings. The number of esters is 1. The summed E-state index contributed by atoms with van der Waals surface area (Å²) in [6.45, 7) is 6.09. The van der Waals surface area contributed by atoms with Crippen LogP contribution in [-0.4, -0.2) is 36.8 Å². The van der Waals surface area contributed by atoms with E-state index in [1.54, 1.807) is 10.8 Å². The van der Waals surface area contributed by atoms with Gasteiger partial charge in [-0.25, -0.2) is 4.79 Å². The zero-order chi connectivity index (χ0) is 12.8. The van der Waals surface area contributed by atoms with Crippen molar-refractivity contribution in [1.82, 2.24) is 0 Å². The van der Waals surface area contributed by atoms with Gasteiger partial charge in [-0.05, 0) is 0 Å². The van der Waals surface area contributed by atoms with Gasteiger partial charge < -0.3 is 15.2 Å². The van der Waals surface area contributed by atoms with Gasteiger partial charge in [0.2, 0.25) is 0 Å². The topological polar surface area (TPSA) is 78.6 Å². The van der Waals surface area contributed by atoms with E-state index in [0.29, 0.717) is 19.0 Å². The Hall–Kier alpha value is -0.560. The van der Waals surface area contributed by atoms with Crippen LogP contribution >= 0.6 is 21.6 Å². The predicted molar refractivity (Wildman–Crippen MR) is 70.5 cm³/mol. The zero-order valence-corrected chi connectivity index (χ0v) is 11.5. The Morgan fingerprint density at radius 3 is 1.94 bits per heavy atom. The number of nitrogens with two attached hydrogens (primary N) is 1. The van der Waals surface area contributed by atoms with E-state index in [9.17, 15) is 9.59 Å². The van der Waals surface area contributed by atoms with E-state index in [2.05, 4.69) is 4.74 Å². The Kier molecular flexibility index (Phi) is 16.1. The molecule has 0 saturated heterocycles. The molecule has 1 amide bonds. The molecule has 0 heterocycles. The number of ether oxygens (including phenoxy) is 2. The van der Waals surface area contributed by atoms with Crippen molar-refractivity contribution in [2.75, 3.05) is 24.7 Å². The Morgan fingerprint density at radius 1 is 1.12 bits per heavy atom. The average Bonchev–Trinajstić information content (AvgIpc) is 2.24. The van der Waals surface area contributed by atoms with Crippen LogP contribution in [0.25, 0.3) is 0 Å². The van der Waals surface area contributed by atoms with Gasteiger partial charge in [0, 0.05) is 19.9 Å². The summed E-state index contributed by atoms with van der Waals surface area (Å²) in [5, 5.41) is 0. The summed E-state index contributed by atoms with van der Waals surface area (Å²) in [4.78, 5) is 20.5. The van der Waals surface area contributed by atoms with Crippen molar-refractivity contribution in [3.05, 3.63) is 0 Å². The molecule has 0 aliphatic heterocycles. The molecule has 0 saturated carbocycles. The van der Waals surface area contributed by atoms with Crippen LogP contribution in [0.1, 0.15) is 22.2 Å². The number of primary amides is 1. The first-order chi connectivity index (χ1) is 7.63. The van der Waals surface area contributed by atoms with Crippen LogP contribution in [-0.2, 0) is 14.3 Å². The van der Waals surface area contributed by atoms with E-state index in [-0.39, 0.29) is 7.40 Å². The van der Waals surface area contributed by atoms with Crippen molar-refractivity contribution >= 4 is 33.7 Å². The first-order valence-electron chi connectivity index (χ1n) is 4.93. The number of hydrogen-bond donors (Lipinski definition) is 1. The molecule has 0 fully saturated rings. The van der Waals surface area contributed by atoms with E-state index < -0.39 is 6.09 Å². The highest BCUT2D eigenvalue weighted by Gasteiger charge is 1.96. The quantitative estimate of drug-likeness (QED) is 0.435. The fraction of sp³-hybridized carbons (Fsp3) is 0.778. The lowest BCUT2D eigenvalue weighted by Gasteiger charge is -2.02. The minimum Gasteiger partial charge on any atom is -0.465 e. The number of carbonyl (C=O) groups is 2. The van der Waals surface area contributed by atoms with E-state index >= 15 is 0 Å². The standard InChI is InChI=1S/C7H13NO4S2.C2H6.H2/c1-6(9)11-2-4-13-14-5-3-12-7(8)10;1-2;/h2-5H2,1H3,(H2,8,10);1-2H3;1H. The lowest BCUT2D eigenvalue weighted by molar-refractivity contribution is -0.140. The average molecular weight is 271 g/mol. The Balaban J connectivity index is -0.000000616. The zero-order valence-electron chi connectivity index (χ0n) is 9.86. The molecule has 0 bridgehead atoms. The van der Waals surface area contributed by atoms with Gasteiger partial charge in [-0.2, -0.15) is 0 Å².